The molecule has 0 amide bonds. The van der Waals surface area contributed by atoms with Crippen LogP contribution in [0.1, 0.15) is 19.3 Å². The highest BCUT2D eigenvalue weighted by Gasteiger charge is 2.22. The number of halogens is 1. The number of benzene rings is 1. The van der Waals surface area contributed by atoms with Crippen molar-refractivity contribution in [3.63, 3.8) is 0 Å². The van der Waals surface area contributed by atoms with Gasteiger partial charge in [-0.1, -0.05) is 23.7 Å². The van der Waals surface area contributed by atoms with Crippen LogP contribution < -0.4 is 0 Å². The average Bonchev–Trinajstić information content (AvgIpc) is 2.69. The summed E-state index contributed by atoms with van der Waals surface area (Å²) in [6.45, 7) is 0. The van der Waals surface area contributed by atoms with E-state index in [0.29, 0.717) is 5.02 Å². The summed E-state index contributed by atoms with van der Waals surface area (Å²) >= 11 is 6.00. The second-order valence-electron chi connectivity index (χ2n) is 3.63. The van der Waals surface area contributed by atoms with Crippen LogP contribution in [-0.4, -0.2) is 5.71 Å². The fourth-order valence-electron chi connectivity index (χ4n) is 1.80. The minimum atomic E-state index is -0.0127. The maximum Gasteiger partial charge on any atom is 0.0846 e. The highest BCUT2D eigenvalue weighted by Crippen LogP contribution is 2.29. The van der Waals surface area contributed by atoms with Crippen molar-refractivity contribution in [3.8, 4) is 6.07 Å². The van der Waals surface area contributed by atoms with E-state index in [1.54, 1.807) is 0 Å². The van der Waals surface area contributed by atoms with Crippen LogP contribution in [0.5, 0.6) is 0 Å². The summed E-state index contributed by atoms with van der Waals surface area (Å²) in [6, 6.07) is 9.76. The minimum Gasteiger partial charge on any atom is -0.255 e. The van der Waals surface area contributed by atoms with Gasteiger partial charge in [-0.25, -0.2) is 0 Å². The molecule has 1 unspecified atom stereocenters. The van der Waals surface area contributed by atoms with Gasteiger partial charge in [0.2, 0.25) is 0 Å². The lowest BCUT2D eigenvalue weighted by Crippen LogP contribution is -2.02. The Hall–Kier alpha value is -1.33. The number of nitrogens with zero attached hydrogens (tertiary/aromatic N) is 2. The van der Waals surface area contributed by atoms with Gasteiger partial charge in [0, 0.05) is 5.71 Å². The van der Waals surface area contributed by atoms with Gasteiger partial charge in [0.05, 0.1) is 22.7 Å². The topological polar surface area (TPSA) is 36.1 Å². The van der Waals surface area contributed by atoms with E-state index in [1.807, 2.05) is 24.3 Å². The van der Waals surface area contributed by atoms with Gasteiger partial charge >= 0.3 is 0 Å². The van der Waals surface area contributed by atoms with Crippen LogP contribution in [-0.2, 0) is 0 Å². The monoisotopic (exact) mass is 218 g/mol. The van der Waals surface area contributed by atoms with E-state index in [4.69, 9.17) is 16.9 Å². The first kappa shape index (κ1) is 10.2. The van der Waals surface area contributed by atoms with Crippen molar-refractivity contribution in [1.82, 2.24) is 0 Å². The van der Waals surface area contributed by atoms with Crippen LogP contribution in [0.15, 0.2) is 29.3 Å². The third-order valence-electron chi connectivity index (χ3n) is 2.60. The molecule has 0 radical (unpaired) electrons. The maximum absolute atomic E-state index is 8.92. The van der Waals surface area contributed by atoms with Crippen LogP contribution in [0.25, 0.3) is 0 Å². The molecule has 1 aromatic rings. The number of nitriles is 1. The Balaban J connectivity index is 2.31. The van der Waals surface area contributed by atoms with Crippen molar-refractivity contribution in [3.05, 3.63) is 29.3 Å². The molecule has 0 aromatic heterocycles. The first-order valence-electron chi connectivity index (χ1n) is 5.03. The van der Waals surface area contributed by atoms with Crippen molar-refractivity contribution in [2.24, 2.45) is 10.9 Å². The van der Waals surface area contributed by atoms with Gasteiger partial charge in [-0.15, -0.1) is 0 Å². The lowest BCUT2D eigenvalue weighted by Gasteiger charge is -2.02. The number of rotatable bonds is 1. The summed E-state index contributed by atoms with van der Waals surface area (Å²) in [5.41, 5.74) is 1.75. The van der Waals surface area contributed by atoms with Gasteiger partial charge in [-0.3, -0.25) is 4.99 Å². The average molecular weight is 219 g/mol. The van der Waals surface area contributed by atoms with Crippen LogP contribution in [0.4, 0.5) is 5.69 Å². The molecule has 1 fully saturated rings. The van der Waals surface area contributed by atoms with E-state index >= 15 is 0 Å². The minimum absolute atomic E-state index is 0.0127. The van der Waals surface area contributed by atoms with E-state index in [-0.39, 0.29) is 5.92 Å². The van der Waals surface area contributed by atoms with E-state index in [2.05, 4.69) is 11.1 Å². The van der Waals surface area contributed by atoms with Crippen LogP contribution in [0.2, 0.25) is 5.02 Å². The van der Waals surface area contributed by atoms with E-state index in [1.165, 1.54) is 0 Å². The van der Waals surface area contributed by atoms with Gasteiger partial charge in [0.25, 0.3) is 0 Å². The molecule has 2 rings (SSSR count). The SMILES string of the molecule is N#CC1CCCC1=Nc1ccccc1Cl. The van der Waals surface area contributed by atoms with Crippen molar-refractivity contribution in [2.75, 3.05) is 0 Å². The largest absolute Gasteiger partial charge is 0.255 e. The van der Waals surface area contributed by atoms with Gasteiger partial charge in [0.15, 0.2) is 0 Å². The van der Waals surface area contributed by atoms with Gasteiger partial charge in [0.1, 0.15) is 0 Å². The Morgan fingerprint density at radius 1 is 1.40 bits per heavy atom. The maximum atomic E-state index is 8.92. The first-order chi connectivity index (χ1) is 7.31. The molecular weight excluding hydrogens is 208 g/mol. The van der Waals surface area contributed by atoms with Gasteiger partial charge in [-0.2, -0.15) is 5.26 Å². The van der Waals surface area contributed by atoms with Crippen molar-refractivity contribution < 1.29 is 0 Å². The lowest BCUT2D eigenvalue weighted by molar-refractivity contribution is 0.795. The zero-order valence-electron chi connectivity index (χ0n) is 8.28. The molecule has 15 heavy (non-hydrogen) atoms. The molecule has 0 N–H and O–H groups in total. The molecule has 0 bridgehead atoms. The first-order valence-corrected chi connectivity index (χ1v) is 5.40. The molecule has 1 saturated carbocycles. The zero-order valence-corrected chi connectivity index (χ0v) is 9.04. The molecule has 0 saturated heterocycles. The number of hydrogen-bond acceptors (Lipinski definition) is 2. The molecule has 1 aromatic carbocycles. The molecule has 76 valence electrons. The molecule has 3 heteroatoms. The summed E-state index contributed by atoms with van der Waals surface area (Å²) in [6.07, 6.45) is 2.91. The second kappa shape index (κ2) is 4.46. The Bertz CT molecular complexity index is 431. The van der Waals surface area contributed by atoms with E-state index < -0.39 is 0 Å². The molecule has 0 heterocycles. The fourth-order valence-corrected chi connectivity index (χ4v) is 1.98. The summed E-state index contributed by atoms with van der Waals surface area (Å²) in [4.78, 5) is 4.47. The molecule has 0 spiro atoms. The fraction of sp³-hybridized carbons (Fsp3) is 0.333. The Labute approximate surface area is 94.2 Å². The van der Waals surface area contributed by atoms with Gasteiger partial charge < -0.3 is 0 Å². The lowest BCUT2D eigenvalue weighted by atomic mass is 10.1. The second-order valence-corrected chi connectivity index (χ2v) is 4.04. The van der Waals surface area contributed by atoms with E-state index in [9.17, 15) is 0 Å². The predicted molar refractivity (Wildman–Crippen MR) is 61.5 cm³/mol. The Morgan fingerprint density at radius 2 is 2.20 bits per heavy atom. The third kappa shape index (κ3) is 2.19. The van der Waals surface area contributed by atoms with Gasteiger partial charge in [-0.05, 0) is 31.4 Å². The smallest absolute Gasteiger partial charge is 0.0846 e. The predicted octanol–water partition coefficient (Wildman–Crippen LogP) is 3.74. The number of para-hydroxylation sites is 1. The summed E-state index contributed by atoms with van der Waals surface area (Å²) in [5.74, 6) is -0.0127. The van der Waals surface area contributed by atoms with E-state index in [0.717, 1.165) is 30.7 Å². The van der Waals surface area contributed by atoms with Crippen molar-refractivity contribution >= 4 is 23.0 Å². The van der Waals surface area contributed by atoms with Crippen LogP contribution in [0.3, 0.4) is 0 Å². The summed E-state index contributed by atoms with van der Waals surface area (Å²) < 4.78 is 0. The molecular formula is C12H11ClN2. The molecule has 1 aliphatic carbocycles. The van der Waals surface area contributed by atoms with Crippen molar-refractivity contribution in [2.45, 2.75) is 19.3 Å². The number of hydrogen-bond donors (Lipinski definition) is 0. The molecule has 0 aliphatic heterocycles. The summed E-state index contributed by atoms with van der Waals surface area (Å²) in [5, 5.41) is 9.57. The highest BCUT2D eigenvalue weighted by molar-refractivity contribution is 6.33. The van der Waals surface area contributed by atoms with Crippen LogP contribution >= 0.6 is 11.6 Å². The zero-order chi connectivity index (χ0) is 10.7. The molecule has 1 atom stereocenters. The van der Waals surface area contributed by atoms with Crippen LogP contribution in [0, 0.1) is 17.2 Å². The third-order valence-corrected chi connectivity index (χ3v) is 2.92. The Morgan fingerprint density at radius 3 is 2.93 bits per heavy atom. The summed E-state index contributed by atoms with van der Waals surface area (Å²) in [7, 11) is 0. The molecule has 1 aliphatic rings. The Kier molecular flexibility index (Phi) is 3.03. The van der Waals surface area contributed by atoms with Crippen molar-refractivity contribution in [1.29, 1.82) is 5.26 Å². The number of aliphatic imine (C=N–C) groups is 1. The molecule has 2 nitrogen and oxygen atoms in total. The quantitative estimate of drug-likeness (QED) is 0.708. The normalized spacial score (nSPS) is 22.9. The standard InChI is InChI=1S/C12H11ClN2/c13-10-5-1-2-6-12(10)15-11-7-3-4-9(11)8-14/h1-2,5-6,9H,3-4,7H2. The highest BCUT2D eigenvalue weighted by atomic mass is 35.5.